The SMILES string of the molecule is c1ccc(-c2nc(-c3ccccc3)n(-c3nocc3-c3ccco3)n2)cc1. The highest BCUT2D eigenvalue weighted by Gasteiger charge is 2.21. The molecule has 0 N–H and O–H groups in total. The summed E-state index contributed by atoms with van der Waals surface area (Å²) < 4.78 is 12.4. The molecule has 27 heavy (non-hydrogen) atoms. The summed E-state index contributed by atoms with van der Waals surface area (Å²) in [7, 11) is 0. The molecule has 0 unspecified atom stereocenters. The quantitative estimate of drug-likeness (QED) is 0.461. The molecule has 6 nitrogen and oxygen atoms in total. The highest BCUT2D eigenvalue weighted by atomic mass is 16.5. The molecule has 0 saturated carbocycles. The number of hydrogen-bond acceptors (Lipinski definition) is 5. The standard InChI is InChI=1S/C21H14N4O2/c1-3-8-15(9-4-1)19-22-20(16-10-5-2-6-11-16)25(23-19)21-17(14-27-24-21)18-12-7-13-26-18/h1-14H. The van der Waals surface area contributed by atoms with Gasteiger partial charge in [0.05, 0.1) is 6.26 Å². The fourth-order valence-electron chi connectivity index (χ4n) is 2.93. The number of hydrogen-bond donors (Lipinski definition) is 0. The summed E-state index contributed by atoms with van der Waals surface area (Å²) in [6.07, 6.45) is 3.16. The van der Waals surface area contributed by atoms with Gasteiger partial charge in [0, 0.05) is 11.1 Å². The molecule has 0 fully saturated rings. The molecule has 6 heteroatoms. The molecule has 0 aliphatic rings. The van der Waals surface area contributed by atoms with E-state index in [1.54, 1.807) is 17.2 Å². The average molecular weight is 354 g/mol. The molecule has 2 aromatic carbocycles. The van der Waals surface area contributed by atoms with E-state index < -0.39 is 0 Å². The Morgan fingerprint density at radius 2 is 1.52 bits per heavy atom. The number of benzene rings is 2. The van der Waals surface area contributed by atoms with Crippen molar-refractivity contribution in [2.75, 3.05) is 0 Å². The molecule has 0 bridgehead atoms. The van der Waals surface area contributed by atoms with Crippen LogP contribution in [0.2, 0.25) is 0 Å². The third kappa shape index (κ3) is 2.73. The second kappa shape index (κ2) is 6.42. The van der Waals surface area contributed by atoms with E-state index >= 15 is 0 Å². The Morgan fingerprint density at radius 1 is 0.778 bits per heavy atom. The van der Waals surface area contributed by atoms with Crippen molar-refractivity contribution in [3.63, 3.8) is 0 Å². The second-order valence-electron chi connectivity index (χ2n) is 5.93. The minimum Gasteiger partial charge on any atom is -0.464 e. The molecule has 0 aliphatic heterocycles. The average Bonchev–Trinajstić information content (AvgIpc) is 3.48. The zero-order chi connectivity index (χ0) is 18.1. The van der Waals surface area contributed by atoms with Crippen molar-refractivity contribution in [2.24, 2.45) is 0 Å². The third-order valence-electron chi connectivity index (χ3n) is 4.21. The first-order valence-electron chi connectivity index (χ1n) is 8.47. The zero-order valence-electron chi connectivity index (χ0n) is 14.2. The van der Waals surface area contributed by atoms with Crippen LogP contribution in [-0.2, 0) is 0 Å². The highest BCUT2D eigenvalue weighted by molar-refractivity contribution is 5.69. The summed E-state index contributed by atoms with van der Waals surface area (Å²) >= 11 is 0. The smallest absolute Gasteiger partial charge is 0.209 e. The van der Waals surface area contributed by atoms with Crippen LogP contribution < -0.4 is 0 Å². The summed E-state index contributed by atoms with van der Waals surface area (Å²) in [4.78, 5) is 4.77. The summed E-state index contributed by atoms with van der Waals surface area (Å²) in [6.45, 7) is 0. The van der Waals surface area contributed by atoms with E-state index in [4.69, 9.17) is 19.0 Å². The van der Waals surface area contributed by atoms with Crippen LogP contribution in [0.15, 0.2) is 94.3 Å². The van der Waals surface area contributed by atoms with E-state index in [9.17, 15) is 0 Å². The van der Waals surface area contributed by atoms with Crippen LogP contribution in [0, 0.1) is 0 Å². The lowest BCUT2D eigenvalue weighted by molar-refractivity contribution is 0.415. The minimum atomic E-state index is 0.526. The summed E-state index contributed by atoms with van der Waals surface area (Å²) in [5.74, 6) is 2.47. The van der Waals surface area contributed by atoms with Crippen molar-refractivity contribution >= 4 is 0 Å². The lowest BCUT2D eigenvalue weighted by Gasteiger charge is -2.03. The molecule has 130 valence electrons. The van der Waals surface area contributed by atoms with E-state index in [2.05, 4.69) is 5.16 Å². The Kier molecular flexibility index (Phi) is 3.65. The molecule has 0 aliphatic carbocycles. The molecule has 5 rings (SSSR count). The van der Waals surface area contributed by atoms with Gasteiger partial charge in [-0.25, -0.2) is 4.98 Å². The van der Waals surface area contributed by atoms with Gasteiger partial charge in [-0.15, -0.1) is 5.10 Å². The maximum Gasteiger partial charge on any atom is 0.209 e. The Labute approximate surface area is 154 Å². The summed E-state index contributed by atoms with van der Waals surface area (Å²) in [5.41, 5.74) is 2.57. The van der Waals surface area contributed by atoms with E-state index in [1.807, 2.05) is 72.8 Å². The molecule has 0 radical (unpaired) electrons. The van der Waals surface area contributed by atoms with Crippen molar-refractivity contribution in [3.05, 3.63) is 85.3 Å². The summed E-state index contributed by atoms with van der Waals surface area (Å²) in [6, 6.07) is 23.4. The number of furan rings is 1. The largest absolute Gasteiger partial charge is 0.464 e. The highest BCUT2D eigenvalue weighted by Crippen LogP contribution is 2.30. The molecule has 0 saturated heterocycles. The first kappa shape index (κ1) is 15.3. The Balaban J connectivity index is 1.73. The predicted octanol–water partition coefficient (Wildman–Crippen LogP) is 4.85. The van der Waals surface area contributed by atoms with Gasteiger partial charge in [-0.1, -0.05) is 65.8 Å². The Bertz CT molecular complexity index is 1160. The number of nitrogens with zero attached hydrogens (tertiary/aromatic N) is 4. The van der Waals surface area contributed by atoms with Crippen molar-refractivity contribution in [1.29, 1.82) is 0 Å². The first-order chi connectivity index (χ1) is 13.4. The van der Waals surface area contributed by atoms with Gasteiger partial charge in [0.15, 0.2) is 11.6 Å². The lowest BCUT2D eigenvalue weighted by Crippen LogP contribution is -2.01. The maximum atomic E-state index is 5.52. The lowest BCUT2D eigenvalue weighted by atomic mass is 10.2. The molecule has 3 heterocycles. The van der Waals surface area contributed by atoms with Crippen molar-refractivity contribution < 1.29 is 8.94 Å². The van der Waals surface area contributed by atoms with Crippen LogP contribution >= 0.6 is 0 Å². The van der Waals surface area contributed by atoms with Crippen LogP contribution in [0.4, 0.5) is 0 Å². The van der Waals surface area contributed by atoms with Gasteiger partial charge in [-0.05, 0) is 12.1 Å². The van der Waals surface area contributed by atoms with Crippen LogP contribution in [0.1, 0.15) is 0 Å². The molecule has 0 amide bonds. The summed E-state index contributed by atoms with van der Waals surface area (Å²) in [5, 5.41) is 8.87. The van der Waals surface area contributed by atoms with E-state index in [1.165, 1.54) is 0 Å². The molecular weight excluding hydrogens is 340 g/mol. The van der Waals surface area contributed by atoms with Crippen molar-refractivity contribution in [1.82, 2.24) is 19.9 Å². The molecule has 0 atom stereocenters. The van der Waals surface area contributed by atoms with Crippen LogP contribution in [0.25, 0.3) is 39.9 Å². The van der Waals surface area contributed by atoms with Gasteiger partial charge in [-0.3, -0.25) is 0 Å². The van der Waals surface area contributed by atoms with Gasteiger partial charge in [0.2, 0.25) is 5.82 Å². The molecule has 5 aromatic rings. The van der Waals surface area contributed by atoms with Gasteiger partial charge in [0.25, 0.3) is 0 Å². The zero-order valence-corrected chi connectivity index (χ0v) is 14.2. The predicted molar refractivity (Wildman–Crippen MR) is 100.0 cm³/mol. The molecule has 3 aromatic heterocycles. The van der Waals surface area contributed by atoms with Gasteiger partial charge >= 0.3 is 0 Å². The number of rotatable bonds is 4. The molecular formula is C21H14N4O2. The maximum absolute atomic E-state index is 5.52. The van der Waals surface area contributed by atoms with Crippen LogP contribution in [0.3, 0.4) is 0 Å². The van der Waals surface area contributed by atoms with Crippen molar-refractivity contribution in [2.45, 2.75) is 0 Å². The number of aromatic nitrogens is 4. The monoisotopic (exact) mass is 354 g/mol. The topological polar surface area (TPSA) is 69.9 Å². The van der Waals surface area contributed by atoms with Gasteiger partial charge in [0.1, 0.15) is 17.6 Å². The second-order valence-corrected chi connectivity index (χ2v) is 5.93. The Morgan fingerprint density at radius 3 is 2.22 bits per heavy atom. The van der Waals surface area contributed by atoms with Crippen LogP contribution in [-0.4, -0.2) is 19.9 Å². The fourth-order valence-corrected chi connectivity index (χ4v) is 2.93. The normalized spacial score (nSPS) is 11.0. The van der Waals surface area contributed by atoms with E-state index in [0.717, 1.165) is 11.1 Å². The molecule has 0 spiro atoms. The van der Waals surface area contributed by atoms with Gasteiger partial charge < -0.3 is 8.94 Å². The fraction of sp³-hybridized carbons (Fsp3) is 0. The van der Waals surface area contributed by atoms with E-state index in [-0.39, 0.29) is 0 Å². The van der Waals surface area contributed by atoms with Crippen molar-refractivity contribution in [3.8, 4) is 39.9 Å². The third-order valence-corrected chi connectivity index (χ3v) is 4.21. The first-order valence-corrected chi connectivity index (χ1v) is 8.47. The van der Waals surface area contributed by atoms with Gasteiger partial charge in [-0.2, -0.15) is 4.68 Å². The Hall–Kier alpha value is -3.93. The van der Waals surface area contributed by atoms with Crippen LogP contribution in [0.5, 0.6) is 0 Å². The van der Waals surface area contributed by atoms with E-state index in [0.29, 0.717) is 28.8 Å². The minimum absolute atomic E-state index is 0.526.